The lowest BCUT2D eigenvalue weighted by Crippen LogP contribution is -2.54. The van der Waals surface area contributed by atoms with Gasteiger partial charge in [-0.25, -0.2) is 0 Å². The fourth-order valence-electron chi connectivity index (χ4n) is 2.47. The fourth-order valence-corrected chi connectivity index (χ4v) is 2.47. The number of carbonyl (C=O) groups is 2. The summed E-state index contributed by atoms with van der Waals surface area (Å²) in [4.78, 5) is 27.5. The molecular weight excluding hydrogens is 270 g/mol. The maximum Gasteiger partial charge on any atom is 0.239 e. The smallest absolute Gasteiger partial charge is 0.239 e. The Labute approximate surface area is 127 Å². The van der Waals surface area contributed by atoms with Gasteiger partial charge < -0.3 is 21.3 Å². The molecule has 4 N–H and O–H groups in total. The van der Waals surface area contributed by atoms with Crippen LogP contribution in [0.1, 0.15) is 13.8 Å². The molecule has 7 nitrogen and oxygen atoms in total. The molecule has 1 aliphatic rings. The van der Waals surface area contributed by atoms with Crippen LogP contribution in [0.2, 0.25) is 0 Å². The predicted octanol–water partition coefficient (Wildman–Crippen LogP) is -1.55. The maximum atomic E-state index is 11.7. The van der Waals surface area contributed by atoms with Crippen molar-refractivity contribution >= 4 is 11.8 Å². The third-order valence-corrected chi connectivity index (χ3v) is 3.92. The molecule has 1 saturated heterocycles. The number of hydrogen-bond acceptors (Lipinski definition) is 5. The van der Waals surface area contributed by atoms with E-state index in [0.29, 0.717) is 18.5 Å². The Morgan fingerprint density at radius 1 is 1.10 bits per heavy atom. The molecule has 1 heterocycles. The number of likely N-dealkylation sites (N-methyl/N-ethyl adjacent to an activating group) is 1. The first kappa shape index (κ1) is 17.9. The van der Waals surface area contributed by atoms with Crippen LogP contribution < -0.4 is 16.4 Å². The SMILES string of the molecule is CC(C)C(CNC(=O)CNC(=O)CN)N1CCN(C)CC1. The van der Waals surface area contributed by atoms with Crippen LogP contribution in [0, 0.1) is 5.92 Å². The van der Waals surface area contributed by atoms with Crippen LogP contribution in [0.5, 0.6) is 0 Å². The van der Waals surface area contributed by atoms with E-state index in [1.807, 2.05) is 0 Å². The van der Waals surface area contributed by atoms with E-state index in [-0.39, 0.29) is 24.9 Å². The Morgan fingerprint density at radius 2 is 1.71 bits per heavy atom. The number of nitrogens with one attached hydrogen (secondary N) is 2. The van der Waals surface area contributed by atoms with Gasteiger partial charge in [-0.3, -0.25) is 14.5 Å². The van der Waals surface area contributed by atoms with Crippen molar-refractivity contribution in [1.29, 1.82) is 0 Å². The van der Waals surface area contributed by atoms with Gasteiger partial charge in [-0.05, 0) is 13.0 Å². The predicted molar refractivity (Wildman–Crippen MR) is 82.8 cm³/mol. The van der Waals surface area contributed by atoms with Crippen molar-refractivity contribution in [2.45, 2.75) is 19.9 Å². The number of nitrogens with two attached hydrogens (primary N) is 1. The van der Waals surface area contributed by atoms with Crippen molar-refractivity contribution in [3.63, 3.8) is 0 Å². The van der Waals surface area contributed by atoms with Crippen molar-refractivity contribution in [2.75, 3.05) is 52.9 Å². The average molecular weight is 299 g/mol. The van der Waals surface area contributed by atoms with E-state index in [0.717, 1.165) is 26.2 Å². The van der Waals surface area contributed by atoms with Crippen LogP contribution >= 0.6 is 0 Å². The molecular formula is C14H29N5O2. The minimum atomic E-state index is -0.315. The summed E-state index contributed by atoms with van der Waals surface area (Å²) in [6, 6.07) is 0.327. The molecule has 1 unspecified atom stereocenters. The Balaban J connectivity index is 2.37. The highest BCUT2D eigenvalue weighted by Crippen LogP contribution is 2.12. The molecule has 2 amide bonds. The van der Waals surface area contributed by atoms with Gasteiger partial charge in [-0.1, -0.05) is 13.8 Å². The quantitative estimate of drug-likeness (QED) is 0.529. The molecule has 7 heteroatoms. The van der Waals surface area contributed by atoms with E-state index in [1.165, 1.54) is 0 Å². The molecule has 0 aromatic heterocycles. The van der Waals surface area contributed by atoms with E-state index in [1.54, 1.807) is 0 Å². The highest BCUT2D eigenvalue weighted by atomic mass is 16.2. The first-order valence-electron chi connectivity index (χ1n) is 7.60. The normalized spacial score (nSPS) is 18.5. The minimum Gasteiger partial charge on any atom is -0.353 e. The summed E-state index contributed by atoms with van der Waals surface area (Å²) < 4.78 is 0. The Bertz CT molecular complexity index is 340. The lowest BCUT2D eigenvalue weighted by molar-refractivity contribution is -0.125. The van der Waals surface area contributed by atoms with E-state index >= 15 is 0 Å². The molecule has 21 heavy (non-hydrogen) atoms. The van der Waals surface area contributed by atoms with Gasteiger partial charge in [-0.15, -0.1) is 0 Å². The summed E-state index contributed by atoms with van der Waals surface area (Å²) in [5.41, 5.74) is 5.17. The van der Waals surface area contributed by atoms with E-state index in [9.17, 15) is 9.59 Å². The summed E-state index contributed by atoms with van der Waals surface area (Å²) in [6.07, 6.45) is 0. The largest absolute Gasteiger partial charge is 0.353 e. The summed E-state index contributed by atoms with van der Waals surface area (Å²) in [7, 11) is 2.13. The van der Waals surface area contributed by atoms with Gasteiger partial charge in [0.15, 0.2) is 0 Å². The zero-order valence-electron chi connectivity index (χ0n) is 13.4. The second-order valence-electron chi connectivity index (χ2n) is 5.94. The molecule has 122 valence electrons. The van der Waals surface area contributed by atoms with E-state index < -0.39 is 0 Å². The molecule has 0 spiro atoms. The summed E-state index contributed by atoms with van der Waals surface area (Å²) in [5, 5.41) is 5.38. The maximum absolute atomic E-state index is 11.7. The van der Waals surface area contributed by atoms with Gasteiger partial charge in [0.2, 0.25) is 11.8 Å². The van der Waals surface area contributed by atoms with Gasteiger partial charge in [-0.2, -0.15) is 0 Å². The molecule has 0 saturated carbocycles. The topological polar surface area (TPSA) is 90.7 Å². The molecule has 1 fully saturated rings. The fraction of sp³-hybridized carbons (Fsp3) is 0.857. The first-order valence-corrected chi connectivity index (χ1v) is 7.60. The minimum absolute atomic E-state index is 0.0103. The van der Waals surface area contributed by atoms with Gasteiger partial charge >= 0.3 is 0 Å². The summed E-state index contributed by atoms with van der Waals surface area (Å²) in [5.74, 6) is -0.0199. The molecule has 0 aliphatic carbocycles. The van der Waals surface area contributed by atoms with Crippen molar-refractivity contribution < 1.29 is 9.59 Å². The van der Waals surface area contributed by atoms with Crippen LogP contribution in [-0.2, 0) is 9.59 Å². The average Bonchev–Trinajstić information content (AvgIpc) is 2.46. The second-order valence-corrected chi connectivity index (χ2v) is 5.94. The Kier molecular flexibility index (Phi) is 7.63. The number of rotatable bonds is 7. The molecule has 1 atom stereocenters. The molecule has 0 aromatic rings. The number of carbonyl (C=O) groups excluding carboxylic acids is 2. The molecule has 1 rings (SSSR count). The standard InChI is InChI=1S/C14H29N5O2/c1-11(2)12(19-6-4-18(3)5-7-19)9-16-14(21)10-17-13(20)8-15/h11-12H,4-10,15H2,1-3H3,(H,16,21)(H,17,20). The van der Waals surface area contributed by atoms with Crippen LogP contribution in [-0.4, -0.2) is 80.5 Å². The molecule has 1 aliphatic heterocycles. The lowest BCUT2D eigenvalue weighted by atomic mass is 10.0. The first-order chi connectivity index (χ1) is 9.93. The number of piperazine rings is 1. The van der Waals surface area contributed by atoms with Crippen LogP contribution in [0.3, 0.4) is 0 Å². The third kappa shape index (κ3) is 6.41. The summed E-state index contributed by atoms with van der Waals surface area (Å²) >= 11 is 0. The van der Waals surface area contributed by atoms with Gasteiger partial charge in [0, 0.05) is 38.8 Å². The van der Waals surface area contributed by atoms with Crippen LogP contribution in [0.15, 0.2) is 0 Å². The highest BCUT2D eigenvalue weighted by Gasteiger charge is 2.25. The molecule has 0 bridgehead atoms. The lowest BCUT2D eigenvalue weighted by Gasteiger charge is -2.39. The monoisotopic (exact) mass is 299 g/mol. The highest BCUT2D eigenvalue weighted by molar-refractivity contribution is 5.85. The molecule has 0 radical (unpaired) electrons. The van der Waals surface area contributed by atoms with Gasteiger partial charge in [0.25, 0.3) is 0 Å². The summed E-state index contributed by atoms with van der Waals surface area (Å²) in [6.45, 7) is 9.02. The van der Waals surface area contributed by atoms with Gasteiger partial charge in [0.1, 0.15) is 0 Å². The van der Waals surface area contributed by atoms with Gasteiger partial charge in [0.05, 0.1) is 13.1 Å². The second kappa shape index (κ2) is 8.96. The van der Waals surface area contributed by atoms with E-state index in [4.69, 9.17) is 5.73 Å². The third-order valence-electron chi connectivity index (χ3n) is 3.92. The van der Waals surface area contributed by atoms with Crippen molar-refractivity contribution in [1.82, 2.24) is 20.4 Å². The Morgan fingerprint density at radius 3 is 2.24 bits per heavy atom. The van der Waals surface area contributed by atoms with Crippen molar-refractivity contribution in [3.05, 3.63) is 0 Å². The molecule has 0 aromatic carbocycles. The van der Waals surface area contributed by atoms with E-state index in [2.05, 4.69) is 41.3 Å². The van der Waals surface area contributed by atoms with Crippen LogP contribution in [0.25, 0.3) is 0 Å². The number of nitrogens with zero attached hydrogens (tertiary/aromatic N) is 2. The number of amides is 2. The zero-order valence-corrected chi connectivity index (χ0v) is 13.4. The zero-order chi connectivity index (χ0) is 15.8. The number of hydrogen-bond donors (Lipinski definition) is 3. The van der Waals surface area contributed by atoms with Crippen molar-refractivity contribution in [3.8, 4) is 0 Å². The van der Waals surface area contributed by atoms with Crippen molar-refractivity contribution in [2.24, 2.45) is 11.7 Å². The Hall–Kier alpha value is -1.18. The van der Waals surface area contributed by atoms with Crippen LogP contribution in [0.4, 0.5) is 0 Å².